The highest BCUT2D eigenvalue weighted by Gasteiger charge is 2.10. The van der Waals surface area contributed by atoms with E-state index in [1.165, 1.54) is 16.7 Å². The lowest BCUT2D eigenvalue weighted by Gasteiger charge is -2.14. The summed E-state index contributed by atoms with van der Waals surface area (Å²) in [6, 6.07) is 14.2. The first kappa shape index (κ1) is 18.1. The van der Waals surface area contributed by atoms with Crippen LogP contribution in [-0.2, 0) is 17.6 Å². The topological polar surface area (TPSA) is 38.3 Å². The first-order valence-corrected chi connectivity index (χ1v) is 8.74. The third-order valence-corrected chi connectivity index (χ3v) is 4.07. The first-order valence-electron chi connectivity index (χ1n) is 8.74. The van der Waals surface area contributed by atoms with Crippen molar-refractivity contribution in [2.75, 3.05) is 11.9 Å². The van der Waals surface area contributed by atoms with Gasteiger partial charge in [0.15, 0.2) is 0 Å². The van der Waals surface area contributed by atoms with E-state index in [2.05, 4.69) is 37.4 Å². The average Bonchev–Trinajstić information content (AvgIpc) is 2.59. The van der Waals surface area contributed by atoms with E-state index >= 15 is 0 Å². The zero-order valence-electron chi connectivity index (χ0n) is 14.9. The maximum absolute atomic E-state index is 12.2. The molecule has 0 spiro atoms. The van der Waals surface area contributed by atoms with Crippen molar-refractivity contribution in [3.63, 3.8) is 0 Å². The molecule has 2 rings (SSSR count). The maximum atomic E-state index is 12.2. The molecule has 2 aromatic carbocycles. The predicted molar refractivity (Wildman–Crippen MR) is 99.7 cm³/mol. The molecule has 3 nitrogen and oxygen atoms in total. The summed E-state index contributed by atoms with van der Waals surface area (Å²) in [6.07, 6.45) is 3.00. The molecular formula is C21H27NO2. The van der Waals surface area contributed by atoms with Crippen LogP contribution in [-0.4, -0.2) is 12.5 Å². The lowest BCUT2D eigenvalue weighted by molar-refractivity contribution is -0.116. The number of nitrogens with one attached hydrogen (secondary N) is 1. The van der Waals surface area contributed by atoms with Crippen molar-refractivity contribution in [2.24, 2.45) is 0 Å². The average molecular weight is 325 g/mol. The van der Waals surface area contributed by atoms with Gasteiger partial charge in [-0.15, -0.1) is 0 Å². The molecule has 0 aliphatic carbocycles. The highest BCUT2D eigenvalue weighted by atomic mass is 16.5. The minimum Gasteiger partial charge on any atom is -0.494 e. The molecule has 1 N–H and O–H groups in total. The van der Waals surface area contributed by atoms with Gasteiger partial charge in [0.1, 0.15) is 5.75 Å². The molecule has 0 aromatic heterocycles. The molecule has 0 heterocycles. The minimum atomic E-state index is 0.0541. The van der Waals surface area contributed by atoms with Crippen LogP contribution in [0, 0.1) is 6.92 Å². The van der Waals surface area contributed by atoms with E-state index in [9.17, 15) is 4.79 Å². The van der Waals surface area contributed by atoms with E-state index in [-0.39, 0.29) is 5.91 Å². The van der Waals surface area contributed by atoms with E-state index < -0.39 is 0 Å². The van der Waals surface area contributed by atoms with Gasteiger partial charge in [0.25, 0.3) is 0 Å². The minimum absolute atomic E-state index is 0.0541. The number of rotatable bonds is 8. The predicted octanol–water partition coefficient (Wildman–Crippen LogP) is 4.92. The van der Waals surface area contributed by atoms with E-state index in [4.69, 9.17) is 4.74 Å². The molecule has 0 unspecified atom stereocenters. The Labute approximate surface area is 145 Å². The largest absolute Gasteiger partial charge is 0.494 e. The molecule has 0 saturated carbocycles. The summed E-state index contributed by atoms with van der Waals surface area (Å²) < 4.78 is 5.70. The summed E-state index contributed by atoms with van der Waals surface area (Å²) in [5.41, 5.74) is 4.55. The molecule has 24 heavy (non-hydrogen) atoms. The quantitative estimate of drug-likeness (QED) is 0.700. The van der Waals surface area contributed by atoms with Crippen molar-refractivity contribution in [1.82, 2.24) is 0 Å². The Kier molecular flexibility index (Phi) is 6.86. The molecule has 1 amide bonds. The Balaban J connectivity index is 1.83. The number of aryl methyl sites for hydroxylation is 3. The van der Waals surface area contributed by atoms with Gasteiger partial charge >= 0.3 is 0 Å². The smallest absolute Gasteiger partial charge is 0.224 e. The lowest BCUT2D eigenvalue weighted by Crippen LogP contribution is -2.15. The van der Waals surface area contributed by atoms with Crippen LogP contribution in [0.15, 0.2) is 42.5 Å². The number of benzene rings is 2. The molecule has 0 saturated heterocycles. The molecule has 0 radical (unpaired) electrons. The third kappa shape index (κ3) is 5.12. The zero-order chi connectivity index (χ0) is 17.4. The van der Waals surface area contributed by atoms with E-state index in [0.29, 0.717) is 19.4 Å². The van der Waals surface area contributed by atoms with Gasteiger partial charge in [-0.25, -0.2) is 0 Å². The van der Waals surface area contributed by atoms with Crippen LogP contribution in [0.3, 0.4) is 0 Å². The lowest BCUT2D eigenvalue weighted by atomic mass is 10.0. The second-order valence-corrected chi connectivity index (χ2v) is 5.98. The summed E-state index contributed by atoms with van der Waals surface area (Å²) in [4.78, 5) is 12.2. The fraction of sp³-hybridized carbons (Fsp3) is 0.381. The van der Waals surface area contributed by atoms with Gasteiger partial charge in [0, 0.05) is 12.1 Å². The summed E-state index contributed by atoms with van der Waals surface area (Å²) in [6.45, 7) is 6.81. The van der Waals surface area contributed by atoms with Gasteiger partial charge in [-0.3, -0.25) is 4.79 Å². The van der Waals surface area contributed by atoms with Crippen molar-refractivity contribution >= 4 is 11.6 Å². The third-order valence-electron chi connectivity index (χ3n) is 4.07. The second kappa shape index (κ2) is 9.11. The molecule has 0 aliphatic heterocycles. The van der Waals surface area contributed by atoms with E-state index in [1.807, 2.05) is 31.2 Å². The van der Waals surface area contributed by atoms with Gasteiger partial charge in [0.05, 0.1) is 6.61 Å². The second-order valence-electron chi connectivity index (χ2n) is 5.98. The maximum Gasteiger partial charge on any atom is 0.224 e. The summed E-state index contributed by atoms with van der Waals surface area (Å²) in [5.74, 6) is 0.915. The number of carbonyl (C=O) groups excluding carboxylic acids is 1. The van der Waals surface area contributed by atoms with Crippen LogP contribution >= 0.6 is 0 Å². The van der Waals surface area contributed by atoms with Crippen LogP contribution in [0.5, 0.6) is 5.75 Å². The van der Waals surface area contributed by atoms with Gasteiger partial charge in [-0.2, -0.15) is 0 Å². The molecule has 0 fully saturated rings. The SMILES string of the molecule is CCc1cccc(CC)c1NC(=O)CCCOc1cccc(C)c1. The van der Waals surface area contributed by atoms with Crippen LogP contribution in [0.25, 0.3) is 0 Å². The molecule has 2 aromatic rings. The number of para-hydroxylation sites is 1. The highest BCUT2D eigenvalue weighted by Crippen LogP contribution is 2.23. The number of amides is 1. The van der Waals surface area contributed by atoms with Gasteiger partial charge in [-0.1, -0.05) is 44.2 Å². The van der Waals surface area contributed by atoms with Crippen molar-refractivity contribution in [3.05, 3.63) is 59.2 Å². The molecular weight excluding hydrogens is 298 g/mol. The van der Waals surface area contributed by atoms with Crippen molar-refractivity contribution in [3.8, 4) is 5.75 Å². The number of carbonyl (C=O) groups is 1. The van der Waals surface area contributed by atoms with E-state index in [0.717, 1.165) is 24.3 Å². The van der Waals surface area contributed by atoms with Gasteiger partial charge in [-0.05, 0) is 55.0 Å². The van der Waals surface area contributed by atoms with E-state index in [1.54, 1.807) is 0 Å². The van der Waals surface area contributed by atoms with Gasteiger partial charge < -0.3 is 10.1 Å². The molecule has 3 heteroatoms. The Bertz CT molecular complexity index is 657. The van der Waals surface area contributed by atoms with Crippen molar-refractivity contribution in [2.45, 2.75) is 46.5 Å². The number of ether oxygens (including phenoxy) is 1. The van der Waals surface area contributed by atoms with Crippen LogP contribution in [0.4, 0.5) is 5.69 Å². The van der Waals surface area contributed by atoms with Crippen molar-refractivity contribution in [1.29, 1.82) is 0 Å². The van der Waals surface area contributed by atoms with Crippen LogP contribution in [0.2, 0.25) is 0 Å². The number of hydrogen-bond acceptors (Lipinski definition) is 2. The summed E-state index contributed by atoms with van der Waals surface area (Å²) >= 11 is 0. The summed E-state index contributed by atoms with van der Waals surface area (Å²) in [7, 11) is 0. The normalized spacial score (nSPS) is 10.5. The Morgan fingerprint density at radius 2 is 1.71 bits per heavy atom. The molecule has 128 valence electrons. The summed E-state index contributed by atoms with van der Waals surface area (Å²) in [5, 5.41) is 3.09. The standard InChI is InChI=1S/C21H27NO2/c1-4-17-10-7-11-18(5-2)21(17)22-20(23)13-8-14-24-19-12-6-9-16(3)15-19/h6-7,9-12,15H,4-5,8,13-14H2,1-3H3,(H,22,23). The Morgan fingerprint density at radius 3 is 2.33 bits per heavy atom. The molecule has 0 atom stereocenters. The molecule has 0 bridgehead atoms. The fourth-order valence-corrected chi connectivity index (χ4v) is 2.73. The first-order chi connectivity index (χ1) is 11.6. The Morgan fingerprint density at radius 1 is 1.04 bits per heavy atom. The van der Waals surface area contributed by atoms with Crippen molar-refractivity contribution < 1.29 is 9.53 Å². The monoisotopic (exact) mass is 325 g/mol. The highest BCUT2D eigenvalue weighted by molar-refractivity contribution is 5.92. The van der Waals surface area contributed by atoms with Gasteiger partial charge in [0.2, 0.25) is 5.91 Å². The Hall–Kier alpha value is -2.29. The van der Waals surface area contributed by atoms with Crippen LogP contribution < -0.4 is 10.1 Å². The van der Waals surface area contributed by atoms with Crippen LogP contribution in [0.1, 0.15) is 43.4 Å². The zero-order valence-corrected chi connectivity index (χ0v) is 14.9. The molecule has 0 aliphatic rings. The fourth-order valence-electron chi connectivity index (χ4n) is 2.73. The number of hydrogen-bond donors (Lipinski definition) is 1. The number of anilines is 1.